The molecule has 0 heterocycles. The lowest BCUT2D eigenvalue weighted by Gasteiger charge is -2.07. The molecule has 70 valence electrons. The van der Waals surface area contributed by atoms with Gasteiger partial charge in [-0.25, -0.2) is 4.39 Å². The Hall–Kier alpha value is -0.940. The Balaban J connectivity index is 3.03. The second-order valence-electron chi connectivity index (χ2n) is 2.55. The third kappa shape index (κ3) is 2.26. The van der Waals surface area contributed by atoms with E-state index < -0.39 is 17.8 Å². The molecule has 1 aromatic carbocycles. The second-order valence-corrected chi connectivity index (χ2v) is 3.41. The molecule has 3 nitrogen and oxygen atoms in total. The molecule has 5 heteroatoms. The van der Waals surface area contributed by atoms with Gasteiger partial charge in [-0.1, -0.05) is 6.07 Å². The van der Waals surface area contributed by atoms with Crippen LogP contribution in [0.1, 0.15) is 11.6 Å². The number of carbonyl (C=O) groups is 1. The summed E-state index contributed by atoms with van der Waals surface area (Å²) >= 11 is 2.98. The number of hydrogen-bond donors (Lipinski definition) is 2. The number of hydrogen-bond acceptors (Lipinski definition) is 2. The lowest BCUT2D eigenvalue weighted by molar-refractivity contribution is -0.119. The Labute approximate surface area is 83.0 Å². The molecule has 1 rings (SSSR count). The van der Waals surface area contributed by atoms with Crippen LogP contribution in [-0.2, 0) is 4.79 Å². The number of halogens is 2. The maximum atomic E-state index is 12.8. The highest BCUT2D eigenvalue weighted by atomic mass is 79.9. The van der Waals surface area contributed by atoms with E-state index in [2.05, 4.69) is 15.9 Å². The Bertz CT molecular complexity index is 343. The van der Waals surface area contributed by atoms with Crippen LogP contribution in [0.15, 0.2) is 22.7 Å². The summed E-state index contributed by atoms with van der Waals surface area (Å²) in [6.07, 6.45) is 0. The largest absolute Gasteiger partial charge is 0.368 e. The van der Waals surface area contributed by atoms with Crippen molar-refractivity contribution in [2.45, 2.75) is 6.04 Å². The highest BCUT2D eigenvalue weighted by Gasteiger charge is 2.13. The number of amides is 1. The predicted molar refractivity (Wildman–Crippen MR) is 50.2 cm³/mol. The molecule has 13 heavy (non-hydrogen) atoms. The zero-order chi connectivity index (χ0) is 10.0. The van der Waals surface area contributed by atoms with Crippen molar-refractivity contribution in [1.29, 1.82) is 0 Å². The van der Waals surface area contributed by atoms with E-state index in [0.717, 1.165) is 0 Å². The van der Waals surface area contributed by atoms with Crippen molar-refractivity contribution in [3.8, 4) is 0 Å². The fourth-order valence-electron chi connectivity index (χ4n) is 0.870. The monoisotopic (exact) mass is 246 g/mol. The van der Waals surface area contributed by atoms with Crippen LogP contribution in [0.2, 0.25) is 0 Å². The molecule has 0 aliphatic carbocycles. The SMILES string of the molecule is NC(=O)C(N)c1ccc(F)c(Br)c1. The first-order valence-electron chi connectivity index (χ1n) is 3.52. The summed E-state index contributed by atoms with van der Waals surface area (Å²) in [5.41, 5.74) is 10.9. The van der Waals surface area contributed by atoms with E-state index in [1.165, 1.54) is 18.2 Å². The van der Waals surface area contributed by atoms with E-state index in [4.69, 9.17) is 11.5 Å². The minimum atomic E-state index is -0.892. The Kier molecular flexibility index (Phi) is 3.00. The summed E-state index contributed by atoms with van der Waals surface area (Å²) < 4.78 is 13.0. The average molecular weight is 247 g/mol. The van der Waals surface area contributed by atoms with Crippen molar-refractivity contribution in [3.05, 3.63) is 34.1 Å². The molecule has 1 unspecified atom stereocenters. The van der Waals surface area contributed by atoms with Crippen LogP contribution in [-0.4, -0.2) is 5.91 Å². The van der Waals surface area contributed by atoms with E-state index >= 15 is 0 Å². The van der Waals surface area contributed by atoms with Gasteiger partial charge in [-0.3, -0.25) is 4.79 Å². The quantitative estimate of drug-likeness (QED) is 0.820. The number of benzene rings is 1. The van der Waals surface area contributed by atoms with Crippen molar-refractivity contribution in [3.63, 3.8) is 0 Å². The maximum Gasteiger partial charge on any atom is 0.238 e. The molecule has 0 spiro atoms. The molecule has 0 saturated carbocycles. The molecule has 0 saturated heterocycles. The summed E-state index contributed by atoms with van der Waals surface area (Å²) in [4.78, 5) is 10.7. The lowest BCUT2D eigenvalue weighted by Crippen LogP contribution is -2.28. The first-order chi connectivity index (χ1) is 6.02. The van der Waals surface area contributed by atoms with Crippen molar-refractivity contribution >= 4 is 21.8 Å². The molecule has 0 aliphatic rings. The topological polar surface area (TPSA) is 69.1 Å². The van der Waals surface area contributed by atoms with E-state index in [-0.39, 0.29) is 4.47 Å². The van der Waals surface area contributed by atoms with Crippen molar-refractivity contribution in [1.82, 2.24) is 0 Å². The van der Waals surface area contributed by atoms with Gasteiger partial charge in [0, 0.05) is 0 Å². The molecular weight excluding hydrogens is 239 g/mol. The molecule has 1 amide bonds. The third-order valence-electron chi connectivity index (χ3n) is 1.61. The van der Waals surface area contributed by atoms with Gasteiger partial charge < -0.3 is 11.5 Å². The van der Waals surface area contributed by atoms with Gasteiger partial charge in [0.15, 0.2) is 0 Å². The molecular formula is C8H8BrFN2O. The van der Waals surface area contributed by atoms with E-state index in [0.29, 0.717) is 5.56 Å². The fraction of sp³-hybridized carbons (Fsp3) is 0.125. The standard InChI is InChI=1S/C8H8BrFN2O/c9-5-3-4(1-2-6(5)10)7(11)8(12)13/h1-3,7H,11H2,(H2,12,13). The summed E-state index contributed by atoms with van der Waals surface area (Å²) in [5, 5.41) is 0. The third-order valence-corrected chi connectivity index (χ3v) is 2.22. The fourth-order valence-corrected chi connectivity index (χ4v) is 1.27. The summed E-state index contributed by atoms with van der Waals surface area (Å²) in [5.74, 6) is -1.04. The first-order valence-corrected chi connectivity index (χ1v) is 4.31. The van der Waals surface area contributed by atoms with Crippen LogP contribution in [0.5, 0.6) is 0 Å². The minimum absolute atomic E-state index is 0.265. The number of primary amides is 1. The molecule has 0 fully saturated rings. The lowest BCUT2D eigenvalue weighted by atomic mass is 10.1. The van der Waals surface area contributed by atoms with Gasteiger partial charge >= 0.3 is 0 Å². The molecule has 0 aliphatic heterocycles. The van der Waals surface area contributed by atoms with Crippen LogP contribution in [0.3, 0.4) is 0 Å². The van der Waals surface area contributed by atoms with Crippen LogP contribution in [0.25, 0.3) is 0 Å². The molecule has 0 bridgehead atoms. The Morgan fingerprint density at radius 3 is 2.62 bits per heavy atom. The van der Waals surface area contributed by atoms with Crippen LogP contribution < -0.4 is 11.5 Å². The van der Waals surface area contributed by atoms with Crippen molar-refractivity contribution in [2.75, 3.05) is 0 Å². The van der Waals surface area contributed by atoms with Gasteiger partial charge in [-0.15, -0.1) is 0 Å². The van der Waals surface area contributed by atoms with Crippen molar-refractivity contribution in [2.24, 2.45) is 11.5 Å². The minimum Gasteiger partial charge on any atom is -0.368 e. The zero-order valence-electron chi connectivity index (χ0n) is 6.63. The summed E-state index contributed by atoms with van der Waals surface area (Å²) in [6.45, 7) is 0. The van der Waals surface area contributed by atoms with Crippen molar-refractivity contribution < 1.29 is 9.18 Å². The highest BCUT2D eigenvalue weighted by Crippen LogP contribution is 2.19. The summed E-state index contributed by atoms with van der Waals surface area (Å²) in [7, 11) is 0. The Morgan fingerprint density at radius 2 is 2.15 bits per heavy atom. The van der Waals surface area contributed by atoms with Gasteiger partial charge in [0.1, 0.15) is 11.9 Å². The summed E-state index contributed by atoms with van der Waals surface area (Å²) in [6, 6.07) is 3.19. The smallest absolute Gasteiger partial charge is 0.238 e. The van der Waals surface area contributed by atoms with Gasteiger partial charge in [-0.05, 0) is 33.6 Å². The number of rotatable bonds is 2. The average Bonchev–Trinajstić information content (AvgIpc) is 2.08. The van der Waals surface area contributed by atoms with E-state index in [1.807, 2.05) is 0 Å². The normalized spacial score (nSPS) is 12.5. The second kappa shape index (κ2) is 3.85. The number of nitrogens with two attached hydrogens (primary N) is 2. The zero-order valence-corrected chi connectivity index (χ0v) is 8.21. The molecule has 1 aromatic rings. The van der Waals surface area contributed by atoms with Gasteiger partial charge in [0.25, 0.3) is 0 Å². The Morgan fingerprint density at radius 1 is 1.54 bits per heavy atom. The van der Waals surface area contributed by atoms with Crippen LogP contribution in [0.4, 0.5) is 4.39 Å². The molecule has 1 atom stereocenters. The van der Waals surface area contributed by atoms with E-state index in [1.54, 1.807) is 0 Å². The van der Waals surface area contributed by atoms with Gasteiger partial charge in [0.2, 0.25) is 5.91 Å². The first kappa shape index (κ1) is 10.1. The highest BCUT2D eigenvalue weighted by molar-refractivity contribution is 9.10. The van der Waals surface area contributed by atoms with Crippen LogP contribution in [0, 0.1) is 5.82 Å². The van der Waals surface area contributed by atoms with Gasteiger partial charge in [0.05, 0.1) is 4.47 Å². The van der Waals surface area contributed by atoms with Crippen LogP contribution >= 0.6 is 15.9 Å². The number of carbonyl (C=O) groups excluding carboxylic acids is 1. The predicted octanol–water partition coefficient (Wildman–Crippen LogP) is 1.07. The molecule has 4 N–H and O–H groups in total. The molecule has 0 aromatic heterocycles. The molecule has 0 radical (unpaired) electrons. The van der Waals surface area contributed by atoms with Gasteiger partial charge in [-0.2, -0.15) is 0 Å². The maximum absolute atomic E-state index is 12.8. The van der Waals surface area contributed by atoms with E-state index in [9.17, 15) is 9.18 Å².